The number of thiazole rings is 1. The Labute approximate surface area is 117 Å². The lowest BCUT2D eigenvalue weighted by atomic mass is 9.85. The molecular formula is C14H20N2O2S. The van der Waals surface area contributed by atoms with Gasteiger partial charge in [0.15, 0.2) is 0 Å². The van der Waals surface area contributed by atoms with E-state index in [0.29, 0.717) is 11.8 Å². The van der Waals surface area contributed by atoms with Gasteiger partial charge in [0, 0.05) is 18.6 Å². The Kier molecular flexibility index (Phi) is 3.35. The summed E-state index contributed by atoms with van der Waals surface area (Å²) in [4.78, 5) is 17.4. The van der Waals surface area contributed by atoms with Gasteiger partial charge in [-0.3, -0.25) is 4.79 Å². The Morgan fingerprint density at radius 3 is 2.79 bits per heavy atom. The molecule has 0 aromatic carbocycles. The van der Waals surface area contributed by atoms with E-state index in [-0.39, 0.29) is 24.5 Å². The largest absolute Gasteiger partial charge is 0.396 e. The first-order valence-corrected chi connectivity index (χ1v) is 7.77. The van der Waals surface area contributed by atoms with E-state index in [0.717, 1.165) is 22.0 Å². The predicted molar refractivity (Wildman–Crippen MR) is 74.2 cm³/mol. The molecule has 0 saturated heterocycles. The van der Waals surface area contributed by atoms with Crippen LogP contribution in [0.5, 0.6) is 0 Å². The lowest BCUT2D eigenvalue weighted by Crippen LogP contribution is -2.45. The fourth-order valence-corrected chi connectivity index (χ4v) is 4.68. The summed E-state index contributed by atoms with van der Waals surface area (Å²) in [5.74, 6) is 1.39. The van der Waals surface area contributed by atoms with E-state index < -0.39 is 0 Å². The fourth-order valence-electron chi connectivity index (χ4n) is 3.86. The molecule has 3 rings (SSSR count). The predicted octanol–water partition coefficient (Wildman–Crippen LogP) is 1.90. The average Bonchev–Trinajstić information content (AvgIpc) is 3.03. The first-order chi connectivity index (χ1) is 9.10. The summed E-state index contributed by atoms with van der Waals surface area (Å²) in [7, 11) is 0. The Morgan fingerprint density at radius 1 is 1.42 bits per heavy atom. The van der Waals surface area contributed by atoms with Crippen LogP contribution >= 0.6 is 11.3 Å². The number of aliphatic hydroxyl groups is 1. The molecule has 4 atom stereocenters. The van der Waals surface area contributed by atoms with Crippen LogP contribution in [0.15, 0.2) is 0 Å². The third-order valence-electron chi connectivity index (χ3n) is 4.71. The van der Waals surface area contributed by atoms with Crippen molar-refractivity contribution < 1.29 is 9.90 Å². The molecule has 0 spiro atoms. The third kappa shape index (κ3) is 2.19. The van der Waals surface area contributed by atoms with Gasteiger partial charge in [-0.2, -0.15) is 0 Å². The zero-order valence-corrected chi connectivity index (χ0v) is 12.2. The van der Waals surface area contributed by atoms with Crippen LogP contribution in [0.4, 0.5) is 0 Å². The molecule has 2 aliphatic rings. The van der Waals surface area contributed by atoms with Crippen molar-refractivity contribution in [3.63, 3.8) is 0 Å². The van der Waals surface area contributed by atoms with Gasteiger partial charge in [0.1, 0.15) is 4.88 Å². The van der Waals surface area contributed by atoms with Gasteiger partial charge in [0.25, 0.3) is 5.91 Å². The van der Waals surface area contributed by atoms with E-state index in [9.17, 15) is 9.90 Å². The van der Waals surface area contributed by atoms with Gasteiger partial charge in [-0.15, -0.1) is 11.3 Å². The minimum Gasteiger partial charge on any atom is -0.396 e. The standard InChI is InChI=1S/C14H20N2O2S/c1-7-13(19-8(2)15-7)14(18)16-12-10-4-3-9(5-10)11(12)6-17/h9-12,17H,3-6H2,1-2H3,(H,16,18). The highest BCUT2D eigenvalue weighted by Crippen LogP contribution is 2.48. The van der Waals surface area contributed by atoms with Crippen molar-refractivity contribution in [2.45, 2.75) is 39.2 Å². The molecule has 0 aliphatic heterocycles. The Hall–Kier alpha value is -0.940. The molecule has 2 saturated carbocycles. The fraction of sp³-hybridized carbons (Fsp3) is 0.714. The SMILES string of the molecule is Cc1nc(C)c(C(=O)NC2C3CCC(C3)C2CO)s1. The van der Waals surface area contributed by atoms with Crippen LogP contribution in [0, 0.1) is 31.6 Å². The van der Waals surface area contributed by atoms with Crippen LogP contribution in [-0.4, -0.2) is 28.6 Å². The number of hydrogen-bond donors (Lipinski definition) is 2. The Bertz CT molecular complexity index is 500. The van der Waals surface area contributed by atoms with Gasteiger partial charge in [0.05, 0.1) is 10.7 Å². The molecule has 2 aliphatic carbocycles. The van der Waals surface area contributed by atoms with Crippen LogP contribution in [0.1, 0.15) is 39.6 Å². The van der Waals surface area contributed by atoms with E-state index in [4.69, 9.17) is 0 Å². The summed E-state index contributed by atoms with van der Waals surface area (Å²) in [6.07, 6.45) is 3.56. The molecule has 1 aromatic heterocycles. The minimum absolute atomic E-state index is 0.0147. The lowest BCUT2D eigenvalue weighted by molar-refractivity contribution is 0.0865. The van der Waals surface area contributed by atoms with Crippen molar-refractivity contribution in [3.8, 4) is 0 Å². The van der Waals surface area contributed by atoms with Gasteiger partial charge in [-0.1, -0.05) is 0 Å². The second-order valence-electron chi connectivity index (χ2n) is 5.83. The van der Waals surface area contributed by atoms with E-state index in [1.807, 2.05) is 13.8 Å². The summed E-state index contributed by atoms with van der Waals surface area (Å²) in [5.41, 5.74) is 0.809. The highest BCUT2D eigenvalue weighted by Gasteiger charge is 2.47. The van der Waals surface area contributed by atoms with Crippen LogP contribution in [-0.2, 0) is 0 Å². The number of carbonyl (C=O) groups excluding carboxylic acids is 1. The molecule has 19 heavy (non-hydrogen) atoms. The molecule has 2 bridgehead atoms. The second kappa shape index (κ2) is 4.87. The number of rotatable bonds is 3. The van der Waals surface area contributed by atoms with Crippen molar-refractivity contribution in [1.82, 2.24) is 10.3 Å². The number of nitrogens with zero attached hydrogens (tertiary/aromatic N) is 1. The van der Waals surface area contributed by atoms with Crippen LogP contribution in [0.25, 0.3) is 0 Å². The maximum Gasteiger partial charge on any atom is 0.263 e. The normalized spacial score (nSPS) is 32.8. The van der Waals surface area contributed by atoms with Gasteiger partial charge >= 0.3 is 0 Å². The summed E-state index contributed by atoms with van der Waals surface area (Å²) in [6, 6.07) is 0.151. The summed E-state index contributed by atoms with van der Waals surface area (Å²) >= 11 is 1.45. The van der Waals surface area contributed by atoms with Gasteiger partial charge in [-0.05, 0) is 44.9 Å². The molecule has 104 valence electrons. The smallest absolute Gasteiger partial charge is 0.263 e. The van der Waals surface area contributed by atoms with E-state index in [1.165, 1.54) is 24.2 Å². The number of nitrogens with one attached hydrogen (secondary N) is 1. The number of amides is 1. The minimum atomic E-state index is -0.0147. The molecule has 1 heterocycles. The van der Waals surface area contributed by atoms with Crippen LogP contribution in [0.2, 0.25) is 0 Å². The van der Waals surface area contributed by atoms with Crippen molar-refractivity contribution in [3.05, 3.63) is 15.6 Å². The van der Waals surface area contributed by atoms with Crippen LogP contribution in [0.3, 0.4) is 0 Å². The summed E-state index contributed by atoms with van der Waals surface area (Å²) in [6.45, 7) is 3.98. The summed E-state index contributed by atoms with van der Waals surface area (Å²) < 4.78 is 0. The maximum atomic E-state index is 12.4. The number of fused-ring (bicyclic) bond motifs is 2. The topological polar surface area (TPSA) is 62.2 Å². The summed E-state index contributed by atoms with van der Waals surface area (Å²) in [5, 5.41) is 13.6. The molecule has 4 nitrogen and oxygen atoms in total. The van der Waals surface area contributed by atoms with E-state index in [2.05, 4.69) is 10.3 Å². The van der Waals surface area contributed by atoms with Crippen molar-refractivity contribution >= 4 is 17.2 Å². The van der Waals surface area contributed by atoms with E-state index >= 15 is 0 Å². The zero-order chi connectivity index (χ0) is 13.6. The molecule has 1 amide bonds. The quantitative estimate of drug-likeness (QED) is 0.889. The van der Waals surface area contributed by atoms with Gasteiger partial charge < -0.3 is 10.4 Å². The second-order valence-corrected chi connectivity index (χ2v) is 7.03. The van der Waals surface area contributed by atoms with E-state index in [1.54, 1.807) is 0 Å². The van der Waals surface area contributed by atoms with Gasteiger partial charge in [-0.25, -0.2) is 4.98 Å². The van der Waals surface area contributed by atoms with Gasteiger partial charge in [0.2, 0.25) is 0 Å². The maximum absolute atomic E-state index is 12.4. The first kappa shape index (κ1) is 13.1. The van der Waals surface area contributed by atoms with Crippen molar-refractivity contribution in [2.75, 3.05) is 6.61 Å². The number of aromatic nitrogens is 1. The highest BCUT2D eigenvalue weighted by atomic mass is 32.1. The first-order valence-electron chi connectivity index (χ1n) is 6.96. The molecular weight excluding hydrogens is 260 g/mol. The Balaban J connectivity index is 1.74. The van der Waals surface area contributed by atoms with Crippen molar-refractivity contribution in [1.29, 1.82) is 0 Å². The highest BCUT2D eigenvalue weighted by molar-refractivity contribution is 7.13. The zero-order valence-electron chi connectivity index (χ0n) is 11.3. The van der Waals surface area contributed by atoms with Crippen LogP contribution < -0.4 is 5.32 Å². The molecule has 2 fully saturated rings. The molecule has 0 radical (unpaired) electrons. The molecule has 5 heteroatoms. The number of aliphatic hydroxyl groups excluding tert-OH is 1. The molecule has 4 unspecified atom stereocenters. The number of aryl methyl sites for hydroxylation is 2. The third-order valence-corrected chi connectivity index (χ3v) is 5.78. The number of hydrogen-bond acceptors (Lipinski definition) is 4. The lowest BCUT2D eigenvalue weighted by Gasteiger charge is -2.30. The molecule has 2 N–H and O–H groups in total. The Morgan fingerprint density at radius 2 is 2.16 bits per heavy atom. The monoisotopic (exact) mass is 280 g/mol. The van der Waals surface area contributed by atoms with Crippen molar-refractivity contribution in [2.24, 2.45) is 17.8 Å². The molecule has 1 aromatic rings. The number of carbonyl (C=O) groups is 1. The average molecular weight is 280 g/mol.